The summed E-state index contributed by atoms with van der Waals surface area (Å²) in [5.41, 5.74) is 10.6. The van der Waals surface area contributed by atoms with Crippen molar-refractivity contribution in [3.63, 3.8) is 0 Å². The zero-order chi connectivity index (χ0) is 12.5. The standard InChI is InChI=1S/C15H15N3/c1-11-7-8-14-12(9-11)10-18(15(16)17-14)13-5-3-2-4-6-13/h2-9H,10H2,1H3,(H2,16,17). The van der Waals surface area contributed by atoms with E-state index in [1.807, 2.05) is 41.3 Å². The normalized spacial score (nSPS) is 14.1. The molecule has 1 aliphatic heterocycles. The van der Waals surface area contributed by atoms with Crippen LogP contribution in [0.3, 0.4) is 0 Å². The molecule has 2 aromatic rings. The van der Waals surface area contributed by atoms with Gasteiger partial charge in [0.1, 0.15) is 0 Å². The van der Waals surface area contributed by atoms with Crippen LogP contribution in [0.25, 0.3) is 0 Å². The van der Waals surface area contributed by atoms with Crippen LogP contribution in [-0.4, -0.2) is 5.96 Å². The number of hydrogen-bond acceptors (Lipinski definition) is 3. The number of rotatable bonds is 1. The van der Waals surface area contributed by atoms with E-state index in [0.717, 1.165) is 17.9 Å². The third-order valence-electron chi connectivity index (χ3n) is 3.14. The molecule has 0 aromatic heterocycles. The van der Waals surface area contributed by atoms with E-state index in [2.05, 4.69) is 24.0 Å². The molecular formula is C15H15N3. The number of hydrogen-bond donors (Lipinski definition) is 1. The number of guanidine groups is 1. The lowest BCUT2D eigenvalue weighted by Gasteiger charge is -2.28. The molecule has 2 N–H and O–H groups in total. The Morgan fingerprint density at radius 3 is 2.67 bits per heavy atom. The van der Waals surface area contributed by atoms with Gasteiger partial charge in [0, 0.05) is 5.69 Å². The van der Waals surface area contributed by atoms with Crippen LogP contribution < -0.4 is 10.6 Å². The number of para-hydroxylation sites is 1. The number of aryl methyl sites for hydroxylation is 1. The molecule has 0 fully saturated rings. The van der Waals surface area contributed by atoms with Crippen molar-refractivity contribution >= 4 is 17.3 Å². The Labute approximate surface area is 107 Å². The van der Waals surface area contributed by atoms with Crippen molar-refractivity contribution < 1.29 is 0 Å². The average Bonchev–Trinajstić information content (AvgIpc) is 2.39. The van der Waals surface area contributed by atoms with Gasteiger partial charge in [-0.2, -0.15) is 0 Å². The van der Waals surface area contributed by atoms with Gasteiger partial charge in [-0.15, -0.1) is 0 Å². The van der Waals surface area contributed by atoms with Gasteiger partial charge in [0.05, 0.1) is 12.2 Å². The zero-order valence-corrected chi connectivity index (χ0v) is 10.3. The molecule has 3 rings (SSSR count). The molecule has 90 valence electrons. The van der Waals surface area contributed by atoms with E-state index in [-0.39, 0.29) is 0 Å². The minimum absolute atomic E-state index is 0.553. The number of aliphatic imine (C=N–C) groups is 1. The Bertz CT molecular complexity index is 602. The van der Waals surface area contributed by atoms with Crippen LogP contribution in [0, 0.1) is 6.92 Å². The van der Waals surface area contributed by atoms with Crippen molar-refractivity contribution in [2.24, 2.45) is 10.7 Å². The van der Waals surface area contributed by atoms with Crippen LogP contribution in [-0.2, 0) is 6.54 Å². The van der Waals surface area contributed by atoms with E-state index in [0.29, 0.717) is 5.96 Å². The monoisotopic (exact) mass is 237 g/mol. The van der Waals surface area contributed by atoms with Crippen LogP contribution in [0.5, 0.6) is 0 Å². The summed E-state index contributed by atoms with van der Waals surface area (Å²) in [5.74, 6) is 0.553. The third kappa shape index (κ3) is 1.84. The number of fused-ring (bicyclic) bond motifs is 1. The molecule has 18 heavy (non-hydrogen) atoms. The molecule has 0 amide bonds. The molecule has 0 radical (unpaired) electrons. The van der Waals surface area contributed by atoms with Gasteiger partial charge in [0.15, 0.2) is 0 Å². The first-order valence-electron chi connectivity index (χ1n) is 6.00. The average molecular weight is 237 g/mol. The molecule has 0 aliphatic carbocycles. The van der Waals surface area contributed by atoms with Gasteiger partial charge in [-0.05, 0) is 30.7 Å². The Morgan fingerprint density at radius 1 is 1.11 bits per heavy atom. The van der Waals surface area contributed by atoms with Crippen molar-refractivity contribution in [1.29, 1.82) is 0 Å². The van der Waals surface area contributed by atoms with Crippen LogP contribution in [0.4, 0.5) is 11.4 Å². The van der Waals surface area contributed by atoms with Crippen LogP contribution in [0.2, 0.25) is 0 Å². The number of benzene rings is 2. The molecule has 3 nitrogen and oxygen atoms in total. The molecule has 1 aliphatic rings. The molecule has 0 spiro atoms. The molecule has 0 saturated carbocycles. The predicted molar refractivity (Wildman–Crippen MR) is 75.1 cm³/mol. The largest absolute Gasteiger partial charge is 0.369 e. The van der Waals surface area contributed by atoms with E-state index in [1.165, 1.54) is 11.1 Å². The van der Waals surface area contributed by atoms with E-state index < -0.39 is 0 Å². The zero-order valence-electron chi connectivity index (χ0n) is 10.3. The van der Waals surface area contributed by atoms with E-state index in [9.17, 15) is 0 Å². The van der Waals surface area contributed by atoms with Gasteiger partial charge >= 0.3 is 0 Å². The minimum Gasteiger partial charge on any atom is -0.369 e. The first kappa shape index (κ1) is 10.8. The maximum absolute atomic E-state index is 6.04. The fourth-order valence-corrected chi connectivity index (χ4v) is 2.22. The second-order valence-corrected chi connectivity index (χ2v) is 4.52. The number of nitrogens with two attached hydrogens (primary N) is 1. The fourth-order valence-electron chi connectivity index (χ4n) is 2.22. The van der Waals surface area contributed by atoms with E-state index in [4.69, 9.17) is 5.73 Å². The summed E-state index contributed by atoms with van der Waals surface area (Å²) in [6.07, 6.45) is 0. The second kappa shape index (κ2) is 4.18. The van der Waals surface area contributed by atoms with Gasteiger partial charge < -0.3 is 10.6 Å². The highest BCUT2D eigenvalue weighted by Gasteiger charge is 2.18. The lowest BCUT2D eigenvalue weighted by Crippen LogP contribution is -2.38. The summed E-state index contributed by atoms with van der Waals surface area (Å²) in [5, 5.41) is 0. The first-order valence-corrected chi connectivity index (χ1v) is 6.00. The van der Waals surface area contributed by atoms with Gasteiger partial charge in [-0.1, -0.05) is 35.9 Å². The molecule has 3 heteroatoms. The van der Waals surface area contributed by atoms with E-state index >= 15 is 0 Å². The summed E-state index contributed by atoms with van der Waals surface area (Å²) < 4.78 is 0. The second-order valence-electron chi connectivity index (χ2n) is 4.52. The van der Waals surface area contributed by atoms with Gasteiger partial charge in [-0.25, -0.2) is 4.99 Å². The lowest BCUT2D eigenvalue weighted by molar-refractivity contribution is 0.964. The summed E-state index contributed by atoms with van der Waals surface area (Å²) in [7, 11) is 0. The van der Waals surface area contributed by atoms with Gasteiger partial charge in [0.25, 0.3) is 0 Å². The molecule has 1 heterocycles. The Morgan fingerprint density at radius 2 is 1.89 bits per heavy atom. The molecular weight excluding hydrogens is 222 g/mol. The van der Waals surface area contributed by atoms with Crippen LogP contribution >= 0.6 is 0 Å². The molecule has 0 atom stereocenters. The smallest absolute Gasteiger partial charge is 0.201 e. The summed E-state index contributed by atoms with van der Waals surface area (Å²) >= 11 is 0. The highest BCUT2D eigenvalue weighted by Crippen LogP contribution is 2.28. The maximum atomic E-state index is 6.04. The maximum Gasteiger partial charge on any atom is 0.201 e. The highest BCUT2D eigenvalue weighted by molar-refractivity contribution is 5.98. The van der Waals surface area contributed by atoms with Crippen molar-refractivity contribution in [2.45, 2.75) is 13.5 Å². The van der Waals surface area contributed by atoms with Gasteiger partial charge in [-0.3, -0.25) is 0 Å². The fraction of sp³-hybridized carbons (Fsp3) is 0.133. The predicted octanol–water partition coefficient (Wildman–Crippen LogP) is 2.96. The molecule has 0 unspecified atom stereocenters. The highest BCUT2D eigenvalue weighted by atomic mass is 15.3. The van der Waals surface area contributed by atoms with Crippen molar-refractivity contribution in [2.75, 3.05) is 4.90 Å². The number of anilines is 1. The van der Waals surface area contributed by atoms with Crippen molar-refractivity contribution in [3.05, 3.63) is 59.7 Å². The lowest BCUT2D eigenvalue weighted by atomic mass is 10.1. The summed E-state index contributed by atoms with van der Waals surface area (Å²) in [6.45, 7) is 2.87. The third-order valence-corrected chi connectivity index (χ3v) is 3.14. The molecule has 2 aromatic carbocycles. The molecule has 0 saturated heterocycles. The van der Waals surface area contributed by atoms with Crippen LogP contribution in [0.1, 0.15) is 11.1 Å². The summed E-state index contributed by atoms with van der Waals surface area (Å²) in [6, 6.07) is 16.4. The van der Waals surface area contributed by atoms with Crippen LogP contribution in [0.15, 0.2) is 53.5 Å². The Hall–Kier alpha value is -2.29. The molecule has 0 bridgehead atoms. The van der Waals surface area contributed by atoms with Crippen molar-refractivity contribution in [1.82, 2.24) is 0 Å². The quantitative estimate of drug-likeness (QED) is 0.828. The van der Waals surface area contributed by atoms with Gasteiger partial charge in [0.2, 0.25) is 5.96 Å². The Kier molecular flexibility index (Phi) is 2.52. The summed E-state index contributed by atoms with van der Waals surface area (Å²) in [4.78, 5) is 6.49. The SMILES string of the molecule is Cc1ccc2c(c1)CN(c1ccccc1)C(N)=N2. The van der Waals surface area contributed by atoms with E-state index in [1.54, 1.807) is 0 Å². The topological polar surface area (TPSA) is 41.6 Å². The minimum atomic E-state index is 0.553. The Balaban J connectivity index is 2.03. The van der Waals surface area contributed by atoms with Crippen molar-refractivity contribution in [3.8, 4) is 0 Å². The first-order chi connectivity index (χ1) is 8.74. The number of nitrogens with zero attached hydrogens (tertiary/aromatic N) is 2.